The van der Waals surface area contributed by atoms with E-state index in [1.807, 2.05) is 6.07 Å². The number of ether oxygens (including phenoxy) is 1. The molecule has 17 heavy (non-hydrogen) atoms. The number of nitrogens with zero attached hydrogens (tertiary/aromatic N) is 1. The molecule has 0 saturated heterocycles. The van der Waals surface area contributed by atoms with Gasteiger partial charge >= 0.3 is 0 Å². The molecule has 1 aromatic rings. The van der Waals surface area contributed by atoms with Crippen LogP contribution < -0.4 is 5.73 Å². The van der Waals surface area contributed by atoms with Crippen LogP contribution in [0.15, 0.2) is 18.2 Å². The minimum absolute atomic E-state index is 0.0591. The van der Waals surface area contributed by atoms with Crippen molar-refractivity contribution in [3.8, 4) is 6.07 Å². The molecule has 0 spiro atoms. The molecule has 90 valence electrons. The highest BCUT2D eigenvalue weighted by Gasteiger charge is 2.24. The fourth-order valence-corrected chi connectivity index (χ4v) is 2.16. The van der Waals surface area contributed by atoms with Gasteiger partial charge in [0.25, 0.3) is 0 Å². The van der Waals surface area contributed by atoms with Gasteiger partial charge in [0.2, 0.25) is 0 Å². The van der Waals surface area contributed by atoms with E-state index in [9.17, 15) is 4.39 Å². The summed E-state index contributed by atoms with van der Waals surface area (Å²) in [6, 6.07) is 6.25. The molecule has 3 nitrogen and oxygen atoms in total. The molecule has 0 amide bonds. The Hall–Kier alpha value is -1.44. The maximum atomic E-state index is 13.2. The molecule has 0 aliphatic heterocycles. The van der Waals surface area contributed by atoms with Gasteiger partial charge in [-0.15, -0.1) is 0 Å². The third-order valence-corrected chi connectivity index (χ3v) is 3.05. The fraction of sp³-hybridized carbons (Fsp3) is 0.462. The summed E-state index contributed by atoms with van der Waals surface area (Å²) in [6.45, 7) is 0.310. The molecule has 0 heterocycles. The summed E-state index contributed by atoms with van der Waals surface area (Å²) in [6.07, 6.45) is 3.08. The molecule has 2 atom stereocenters. The predicted molar refractivity (Wildman–Crippen MR) is 61.5 cm³/mol. The van der Waals surface area contributed by atoms with Crippen molar-refractivity contribution >= 4 is 0 Å². The van der Waals surface area contributed by atoms with Crippen LogP contribution in [0.1, 0.15) is 30.4 Å². The number of benzene rings is 1. The number of rotatable bonds is 3. The lowest BCUT2D eigenvalue weighted by molar-refractivity contribution is 0.0356. The number of halogens is 1. The highest BCUT2D eigenvalue weighted by molar-refractivity contribution is 5.33. The number of nitriles is 1. The van der Waals surface area contributed by atoms with E-state index in [0.717, 1.165) is 19.3 Å². The minimum atomic E-state index is -0.404. The maximum Gasteiger partial charge on any atom is 0.124 e. The van der Waals surface area contributed by atoms with Crippen LogP contribution in [0.5, 0.6) is 0 Å². The zero-order valence-corrected chi connectivity index (χ0v) is 9.53. The Labute approximate surface area is 100.0 Å². The lowest BCUT2D eigenvalue weighted by atomic mass is 10.1. The van der Waals surface area contributed by atoms with E-state index in [1.54, 1.807) is 6.07 Å². The first kappa shape index (κ1) is 12.0. The summed E-state index contributed by atoms with van der Waals surface area (Å²) in [5.41, 5.74) is 6.88. The molecule has 1 saturated carbocycles. The first-order valence-electron chi connectivity index (χ1n) is 5.76. The normalized spacial score (nSPS) is 23.6. The molecule has 1 aliphatic carbocycles. The second kappa shape index (κ2) is 5.26. The third-order valence-electron chi connectivity index (χ3n) is 3.05. The SMILES string of the molecule is N#Cc1cc(F)cc(COC2CCCC2N)c1. The summed E-state index contributed by atoms with van der Waals surface area (Å²) in [4.78, 5) is 0. The van der Waals surface area contributed by atoms with Gasteiger partial charge in [0.1, 0.15) is 5.82 Å². The molecule has 2 rings (SSSR count). The van der Waals surface area contributed by atoms with Crippen LogP contribution in [0.2, 0.25) is 0 Å². The van der Waals surface area contributed by atoms with Crippen LogP contribution in [0.3, 0.4) is 0 Å². The number of hydrogen-bond donors (Lipinski definition) is 1. The zero-order chi connectivity index (χ0) is 12.3. The second-order valence-corrected chi connectivity index (χ2v) is 4.40. The topological polar surface area (TPSA) is 59.0 Å². The molecule has 4 heteroatoms. The van der Waals surface area contributed by atoms with Gasteiger partial charge in [0, 0.05) is 6.04 Å². The molecule has 1 aromatic carbocycles. The standard InChI is InChI=1S/C13H15FN2O/c14-11-5-9(7-15)4-10(6-11)8-17-13-3-1-2-12(13)16/h4-6,12-13H,1-3,8,16H2. The lowest BCUT2D eigenvalue weighted by Crippen LogP contribution is -2.31. The molecular weight excluding hydrogens is 219 g/mol. The van der Waals surface area contributed by atoms with Crippen LogP contribution >= 0.6 is 0 Å². The molecule has 0 radical (unpaired) electrons. The predicted octanol–water partition coefficient (Wildman–Crippen LogP) is 2.09. The van der Waals surface area contributed by atoms with Crippen molar-refractivity contribution in [3.05, 3.63) is 35.1 Å². The molecule has 0 aromatic heterocycles. The zero-order valence-electron chi connectivity index (χ0n) is 9.53. The Balaban J connectivity index is 1.99. The molecule has 2 unspecified atom stereocenters. The average molecular weight is 234 g/mol. The largest absolute Gasteiger partial charge is 0.372 e. The van der Waals surface area contributed by atoms with Gasteiger partial charge in [-0.3, -0.25) is 0 Å². The summed E-state index contributed by atoms with van der Waals surface area (Å²) in [7, 11) is 0. The first-order chi connectivity index (χ1) is 8.19. The van der Waals surface area contributed by atoms with Crippen LogP contribution in [0.4, 0.5) is 4.39 Å². The fourth-order valence-electron chi connectivity index (χ4n) is 2.16. The highest BCUT2D eigenvalue weighted by Crippen LogP contribution is 2.21. The van der Waals surface area contributed by atoms with Gasteiger partial charge in [-0.2, -0.15) is 5.26 Å². The monoisotopic (exact) mass is 234 g/mol. The molecule has 1 aliphatic rings. The summed E-state index contributed by atoms with van der Waals surface area (Å²) in [5.74, 6) is -0.404. The van der Waals surface area contributed by atoms with Gasteiger partial charge in [-0.05, 0) is 43.0 Å². The summed E-state index contributed by atoms with van der Waals surface area (Å²) < 4.78 is 18.8. The van der Waals surface area contributed by atoms with E-state index in [2.05, 4.69) is 0 Å². The highest BCUT2D eigenvalue weighted by atomic mass is 19.1. The van der Waals surface area contributed by atoms with Gasteiger partial charge in [0.15, 0.2) is 0 Å². The van der Waals surface area contributed by atoms with Crippen molar-refractivity contribution in [2.75, 3.05) is 0 Å². The number of hydrogen-bond acceptors (Lipinski definition) is 3. The molecule has 2 N–H and O–H groups in total. The number of nitrogens with two attached hydrogens (primary N) is 1. The minimum Gasteiger partial charge on any atom is -0.372 e. The Morgan fingerprint density at radius 2 is 2.24 bits per heavy atom. The van der Waals surface area contributed by atoms with Crippen molar-refractivity contribution in [1.82, 2.24) is 0 Å². The van der Waals surface area contributed by atoms with E-state index in [1.165, 1.54) is 12.1 Å². The molecule has 1 fully saturated rings. The molecular formula is C13H15FN2O. The van der Waals surface area contributed by atoms with Gasteiger partial charge < -0.3 is 10.5 Å². The smallest absolute Gasteiger partial charge is 0.124 e. The Bertz CT molecular complexity index is 442. The quantitative estimate of drug-likeness (QED) is 0.871. The van der Waals surface area contributed by atoms with Crippen LogP contribution in [0.25, 0.3) is 0 Å². The Kier molecular flexibility index (Phi) is 3.72. The summed E-state index contributed by atoms with van der Waals surface area (Å²) in [5, 5.41) is 8.73. The van der Waals surface area contributed by atoms with Crippen molar-refractivity contribution < 1.29 is 9.13 Å². The first-order valence-corrected chi connectivity index (χ1v) is 5.76. The van der Waals surface area contributed by atoms with E-state index < -0.39 is 5.82 Å². The van der Waals surface area contributed by atoms with Crippen molar-refractivity contribution in [1.29, 1.82) is 5.26 Å². The van der Waals surface area contributed by atoms with Gasteiger partial charge in [-0.25, -0.2) is 4.39 Å². The van der Waals surface area contributed by atoms with Gasteiger partial charge in [0.05, 0.1) is 24.3 Å². The van der Waals surface area contributed by atoms with E-state index in [-0.39, 0.29) is 12.1 Å². The van der Waals surface area contributed by atoms with E-state index >= 15 is 0 Å². The maximum absolute atomic E-state index is 13.2. The summed E-state index contributed by atoms with van der Waals surface area (Å²) >= 11 is 0. The third kappa shape index (κ3) is 3.02. The van der Waals surface area contributed by atoms with E-state index in [4.69, 9.17) is 15.7 Å². The van der Waals surface area contributed by atoms with E-state index in [0.29, 0.717) is 17.7 Å². The van der Waals surface area contributed by atoms with Crippen molar-refractivity contribution in [3.63, 3.8) is 0 Å². The Morgan fingerprint density at radius 3 is 2.88 bits per heavy atom. The molecule has 0 bridgehead atoms. The lowest BCUT2D eigenvalue weighted by Gasteiger charge is -2.16. The second-order valence-electron chi connectivity index (χ2n) is 4.40. The average Bonchev–Trinajstić information content (AvgIpc) is 2.71. The Morgan fingerprint density at radius 1 is 1.41 bits per heavy atom. The van der Waals surface area contributed by atoms with Crippen LogP contribution in [0, 0.1) is 17.1 Å². The van der Waals surface area contributed by atoms with Gasteiger partial charge in [-0.1, -0.05) is 0 Å². The van der Waals surface area contributed by atoms with Crippen LogP contribution in [-0.2, 0) is 11.3 Å². The van der Waals surface area contributed by atoms with Crippen LogP contribution in [-0.4, -0.2) is 12.1 Å². The van der Waals surface area contributed by atoms with Crippen molar-refractivity contribution in [2.45, 2.75) is 38.0 Å². The van der Waals surface area contributed by atoms with Crippen molar-refractivity contribution in [2.24, 2.45) is 5.73 Å².